The van der Waals surface area contributed by atoms with Gasteiger partial charge in [0.15, 0.2) is 18.2 Å². The van der Waals surface area contributed by atoms with Gasteiger partial charge in [0.2, 0.25) is 0 Å². The van der Waals surface area contributed by atoms with Gasteiger partial charge in [-0.15, -0.1) is 0 Å². The Morgan fingerprint density at radius 1 is 1.44 bits per heavy atom. The molecule has 0 radical (unpaired) electrons. The van der Waals surface area contributed by atoms with Crippen molar-refractivity contribution in [2.75, 3.05) is 0 Å². The topological polar surface area (TPSA) is 85.2 Å². The molecule has 2 rings (SSSR count). The third-order valence-electron chi connectivity index (χ3n) is 2.33. The number of H-pyrrole nitrogens is 1. The molecule has 6 nitrogen and oxygen atoms in total. The first-order valence-electron chi connectivity index (χ1n) is 5.35. The summed E-state index contributed by atoms with van der Waals surface area (Å²) in [5, 5.41) is 3.68. The second-order valence-electron chi connectivity index (χ2n) is 3.87. The molecule has 6 heteroatoms. The number of nitrogens with one attached hydrogen (secondary N) is 1. The largest absolute Gasteiger partial charge is 0.453 e. The van der Waals surface area contributed by atoms with Crippen LogP contribution in [0.3, 0.4) is 0 Å². The molecular formula is C12H12N2O4. The summed E-state index contributed by atoms with van der Waals surface area (Å²) >= 11 is 0. The number of rotatable bonds is 4. The van der Waals surface area contributed by atoms with Gasteiger partial charge < -0.3 is 14.2 Å². The number of ketones is 1. The van der Waals surface area contributed by atoms with E-state index in [1.54, 1.807) is 13.0 Å². The van der Waals surface area contributed by atoms with Gasteiger partial charge in [0, 0.05) is 17.8 Å². The average molecular weight is 248 g/mol. The number of hydrogen-bond donors (Lipinski definition) is 1. The fraction of sp³-hybridized carbons (Fsp3) is 0.250. The molecule has 1 N–H and O–H groups in total. The number of hydrogen-bond acceptors (Lipinski definition) is 5. The summed E-state index contributed by atoms with van der Waals surface area (Å²) in [4.78, 5) is 25.4. The van der Waals surface area contributed by atoms with E-state index >= 15 is 0 Å². The van der Waals surface area contributed by atoms with Crippen LogP contribution < -0.4 is 0 Å². The highest BCUT2D eigenvalue weighted by molar-refractivity contribution is 5.97. The Morgan fingerprint density at radius 3 is 2.78 bits per heavy atom. The first-order chi connectivity index (χ1) is 8.56. The van der Waals surface area contributed by atoms with Gasteiger partial charge in [-0.25, -0.2) is 4.79 Å². The SMILES string of the molecule is CC(=O)c1c[nH]c(C(=O)OCc2cc(C)no2)c1. The number of esters is 1. The molecule has 0 saturated heterocycles. The summed E-state index contributed by atoms with van der Waals surface area (Å²) in [5.74, 6) is -0.188. The number of Topliss-reactive ketones (excluding diaryl/α,β-unsaturated/α-hetero) is 1. The van der Waals surface area contributed by atoms with E-state index in [1.807, 2.05) is 0 Å². The van der Waals surface area contributed by atoms with E-state index in [1.165, 1.54) is 19.2 Å². The molecule has 0 bridgehead atoms. The van der Waals surface area contributed by atoms with Crippen molar-refractivity contribution < 1.29 is 18.8 Å². The zero-order chi connectivity index (χ0) is 13.1. The molecule has 18 heavy (non-hydrogen) atoms. The molecule has 94 valence electrons. The highest BCUT2D eigenvalue weighted by atomic mass is 16.5. The Bertz CT molecular complexity index is 582. The summed E-state index contributed by atoms with van der Waals surface area (Å²) < 4.78 is 9.91. The van der Waals surface area contributed by atoms with E-state index < -0.39 is 5.97 Å². The highest BCUT2D eigenvalue weighted by Gasteiger charge is 2.13. The van der Waals surface area contributed by atoms with E-state index in [-0.39, 0.29) is 18.1 Å². The standard InChI is InChI=1S/C12H12N2O4/c1-7-3-10(18-14-7)6-17-12(16)11-4-9(5-13-11)8(2)15/h3-5,13H,6H2,1-2H3. The molecule has 0 fully saturated rings. The lowest BCUT2D eigenvalue weighted by molar-refractivity contribution is 0.0431. The molecule has 0 aromatic carbocycles. The minimum Gasteiger partial charge on any atom is -0.453 e. The van der Waals surface area contributed by atoms with Gasteiger partial charge in [-0.05, 0) is 19.9 Å². The van der Waals surface area contributed by atoms with Crippen molar-refractivity contribution in [3.05, 3.63) is 41.0 Å². The van der Waals surface area contributed by atoms with Crippen LogP contribution in [-0.2, 0) is 11.3 Å². The molecule has 0 aliphatic rings. The number of aromatic amines is 1. The zero-order valence-corrected chi connectivity index (χ0v) is 10.0. The molecule has 0 aliphatic carbocycles. The van der Waals surface area contributed by atoms with Crippen LogP contribution in [0, 0.1) is 6.92 Å². The monoisotopic (exact) mass is 248 g/mol. The van der Waals surface area contributed by atoms with Gasteiger partial charge in [-0.1, -0.05) is 5.16 Å². The van der Waals surface area contributed by atoms with Crippen LogP contribution in [0.15, 0.2) is 22.9 Å². The summed E-state index contributed by atoms with van der Waals surface area (Å²) in [5.41, 5.74) is 1.40. The highest BCUT2D eigenvalue weighted by Crippen LogP contribution is 2.09. The van der Waals surface area contributed by atoms with Crippen molar-refractivity contribution in [2.24, 2.45) is 0 Å². The third kappa shape index (κ3) is 2.65. The third-order valence-corrected chi connectivity index (χ3v) is 2.33. The van der Waals surface area contributed by atoms with Crippen molar-refractivity contribution in [3.8, 4) is 0 Å². The van der Waals surface area contributed by atoms with Crippen LogP contribution in [0.1, 0.15) is 39.2 Å². The average Bonchev–Trinajstić information content (AvgIpc) is 2.94. The van der Waals surface area contributed by atoms with Crippen molar-refractivity contribution in [3.63, 3.8) is 0 Å². The normalized spacial score (nSPS) is 10.3. The van der Waals surface area contributed by atoms with Crippen molar-refractivity contribution >= 4 is 11.8 Å². The lowest BCUT2D eigenvalue weighted by atomic mass is 10.2. The van der Waals surface area contributed by atoms with E-state index in [2.05, 4.69) is 10.1 Å². The van der Waals surface area contributed by atoms with Gasteiger partial charge in [0.05, 0.1) is 5.69 Å². The molecule has 2 aromatic heterocycles. The van der Waals surface area contributed by atoms with Gasteiger partial charge in [-0.3, -0.25) is 4.79 Å². The summed E-state index contributed by atoms with van der Waals surface area (Å²) in [6.07, 6.45) is 1.47. The van der Waals surface area contributed by atoms with Gasteiger partial charge in [0.25, 0.3) is 0 Å². The minimum absolute atomic E-state index is 0.00803. The van der Waals surface area contributed by atoms with Gasteiger partial charge >= 0.3 is 5.97 Å². The van der Waals surface area contributed by atoms with Gasteiger partial charge in [0.1, 0.15) is 5.69 Å². The molecule has 0 saturated carbocycles. The van der Waals surface area contributed by atoms with Crippen LogP contribution in [0.4, 0.5) is 0 Å². The van der Waals surface area contributed by atoms with E-state index in [9.17, 15) is 9.59 Å². The molecule has 2 heterocycles. The number of carbonyl (C=O) groups is 2. The Labute approximate surface area is 103 Å². The van der Waals surface area contributed by atoms with Crippen molar-refractivity contribution in [1.82, 2.24) is 10.1 Å². The lowest BCUT2D eigenvalue weighted by Gasteiger charge is -1.99. The molecule has 0 aliphatic heterocycles. The van der Waals surface area contributed by atoms with E-state index in [4.69, 9.17) is 9.26 Å². The maximum Gasteiger partial charge on any atom is 0.355 e. The Hall–Kier alpha value is -2.37. The number of aryl methyl sites for hydroxylation is 1. The fourth-order valence-corrected chi connectivity index (χ4v) is 1.41. The van der Waals surface area contributed by atoms with Crippen molar-refractivity contribution in [2.45, 2.75) is 20.5 Å². The van der Waals surface area contributed by atoms with E-state index in [0.717, 1.165) is 5.69 Å². The Morgan fingerprint density at radius 2 is 2.22 bits per heavy atom. The first kappa shape index (κ1) is 12.1. The molecule has 0 amide bonds. The zero-order valence-electron chi connectivity index (χ0n) is 10.0. The molecule has 2 aromatic rings. The number of aromatic nitrogens is 2. The predicted molar refractivity (Wildman–Crippen MR) is 61.2 cm³/mol. The van der Waals surface area contributed by atoms with Crippen LogP contribution in [0.2, 0.25) is 0 Å². The second kappa shape index (κ2) is 4.87. The maximum atomic E-state index is 11.6. The van der Waals surface area contributed by atoms with Crippen molar-refractivity contribution in [1.29, 1.82) is 0 Å². The quantitative estimate of drug-likeness (QED) is 0.659. The molecular weight excluding hydrogens is 236 g/mol. The first-order valence-corrected chi connectivity index (χ1v) is 5.35. The lowest BCUT2D eigenvalue weighted by Crippen LogP contribution is -2.05. The number of ether oxygens (including phenoxy) is 1. The van der Waals surface area contributed by atoms with Crippen LogP contribution in [0.25, 0.3) is 0 Å². The fourth-order valence-electron chi connectivity index (χ4n) is 1.41. The van der Waals surface area contributed by atoms with Crippen LogP contribution >= 0.6 is 0 Å². The van der Waals surface area contributed by atoms with Crippen LogP contribution in [-0.4, -0.2) is 21.9 Å². The molecule has 0 unspecified atom stereocenters. The van der Waals surface area contributed by atoms with Gasteiger partial charge in [-0.2, -0.15) is 0 Å². The van der Waals surface area contributed by atoms with E-state index in [0.29, 0.717) is 11.3 Å². The predicted octanol–water partition coefficient (Wildman–Crippen LogP) is 1.87. The summed E-state index contributed by atoms with van der Waals surface area (Å²) in [6.45, 7) is 3.21. The number of nitrogens with zero attached hydrogens (tertiary/aromatic N) is 1. The molecule has 0 atom stereocenters. The summed E-state index contributed by atoms with van der Waals surface area (Å²) in [7, 11) is 0. The number of carbonyl (C=O) groups excluding carboxylic acids is 2. The van der Waals surface area contributed by atoms with Crippen LogP contribution in [0.5, 0.6) is 0 Å². The maximum absolute atomic E-state index is 11.6. The Kier molecular flexibility index (Phi) is 3.27. The Balaban J connectivity index is 1.97. The summed E-state index contributed by atoms with van der Waals surface area (Å²) in [6, 6.07) is 3.14. The smallest absolute Gasteiger partial charge is 0.355 e. The second-order valence-corrected chi connectivity index (χ2v) is 3.87. The molecule has 0 spiro atoms. The minimum atomic E-state index is -0.545.